The van der Waals surface area contributed by atoms with Crippen LogP contribution < -0.4 is 11.1 Å². The van der Waals surface area contributed by atoms with Crippen LogP contribution in [0.4, 0.5) is 17.6 Å². The SMILES string of the molecule is Cc1cc(Nc2n[nH]c(N)n2)cc(C)c1-c1ccnnc1. The highest BCUT2D eigenvalue weighted by Gasteiger charge is 2.09. The Balaban J connectivity index is 1.96. The summed E-state index contributed by atoms with van der Waals surface area (Å²) < 4.78 is 0. The van der Waals surface area contributed by atoms with Crippen molar-refractivity contribution >= 4 is 17.6 Å². The van der Waals surface area contributed by atoms with Gasteiger partial charge in [-0.05, 0) is 48.7 Å². The Morgan fingerprint density at radius 1 is 1.14 bits per heavy atom. The Labute approximate surface area is 121 Å². The maximum absolute atomic E-state index is 5.51. The zero-order valence-electron chi connectivity index (χ0n) is 11.8. The van der Waals surface area contributed by atoms with Crippen molar-refractivity contribution in [1.82, 2.24) is 25.4 Å². The lowest BCUT2D eigenvalue weighted by Crippen LogP contribution is -1.97. The normalized spacial score (nSPS) is 10.6. The molecule has 7 nitrogen and oxygen atoms in total. The Bertz CT molecular complexity index is 741. The molecule has 0 aliphatic rings. The summed E-state index contributed by atoms with van der Waals surface area (Å²) in [7, 11) is 0. The Kier molecular flexibility index (Phi) is 3.23. The first-order chi connectivity index (χ1) is 10.1. The number of nitrogens with two attached hydrogens (primary N) is 1. The first kappa shape index (κ1) is 13.0. The lowest BCUT2D eigenvalue weighted by atomic mass is 9.96. The standard InChI is InChI=1S/C14H15N7/c1-8-5-11(18-14-19-13(15)20-21-14)6-9(2)12(8)10-3-4-16-17-7-10/h3-7H,1-2H3,(H4,15,18,19,20,21). The van der Waals surface area contributed by atoms with Crippen LogP contribution in [-0.4, -0.2) is 25.4 Å². The molecule has 0 atom stereocenters. The summed E-state index contributed by atoms with van der Waals surface area (Å²) in [5, 5.41) is 17.4. The maximum Gasteiger partial charge on any atom is 0.248 e. The molecule has 7 heteroatoms. The minimum Gasteiger partial charge on any atom is -0.368 e. The van der Waals surface area contributed by atoms with Crippen LogP contribution in [-0.2, 0) is 0 Å². The molecule has 3 rings (SSSR count). The molecule has 2 heterocycles. The molecule has 0 amide bonds. The molecule has 0 aliphatic carbocycles. The average Bonchev–Trinajstić information content (AvgIpc) is 2.84. The van der Waals surface area contributed by atoms with E-state index >= 15 is 0 Å². The number of nitrogens with one attached hydrogen (secondary N) is 2. The van der Waals surface area contributed by atoms with Crippen LogP contribution in [0.25, 0.3) is 11.1 Å². The fourth-order valence-corrected chi connectivity index (χ4v) is 2.39. The number of anilines is 3. The van der Waals surface area contributed by atoms with E-state index in [4.69, 9.17) is 5.73 Å². The molecule has 0 spiro atoms. The van der Waals surface area contributed by atoms with E-state index in [1.54, 1.807) is 12.4 Å². The molecule has 0 saturated carbocycles. The van der Waals surface area contributed by atoms with Crippen molar-refractivity contribution in [3.63, 3.8) is 0 Å². The summed E-state index contributed by atoms with van der Waals surface area (Å²) in [6.07, 6.45) is 3.45. The highest BCUT2D eigenvalue weighted by Crippen LogP contribution is 2.30. The second-order valence-electron chi connectivity index (χ2n) is 4.79. The molecule has 21 heavy (non-hydrogen) atoms. The maximum atomic E-state index is 5.51. The summed E-state index contributed by atoms with van der Waals surface area (Å²) in [6.45, 7) is 4.11. The van der Waals surface area contributed by atoms with Gasteiger partial charge < -0.3 is 11.1 Å². The summed E-state index contributed by atoms with van der Waals surface area (Å²) in [5.74, 6) is 0.732. The van der Waals surface area contributed by atoms with Crippen molar-refractivity contribution in [2.75, 3.05) is 11.1 Å². The second-order valence-corrected chi connectivity index (χ2v) is 4.79. The molecule has 4 N–H and O–H groups in total. The largest absolute Gasteiger partial charge is 0.368 e. The molecule has 2 aromatic heterocycles. The Morgan fingerprint density at radius 2 is 1.90 bits per heavy atom. The third-order valence-electron chi connectivity index (χ3n) is 3.16. The van der Waals surface area contributed by atoms with Gasteiger partial charge in [-0.1, -0.05) is 0 Å². The quantitative estimate of drug-likeness (QED) is 0.679. The van der Waals surface area contributed by atoms with Crippen LogP contribution in [0.1, 0.15) is 11.1 Å². The Hall–Kier alpha value is -2.96. The number of hydrogen-bond donors (Lipinski definition) is 3. The average molecular weight is 281 g/mol. The minimum atomic E-state index is 0.283. The molecule has 106 valence electrons. The summed E-state index contributed by atoms with van der Waals surface area (Å²) >= 11 is 0. The topological polar surface area (TPSA) is 105 Å². The van der Waals surface area contributed by atoms with Gasteiger partial charge in [0.25, 0.3) is 0 Å². The number of hydrogen-bond acceptors (Lipinski definition) is 6. The monoisotopic (exact) mass is 281 g/mol. The van der Waals surface area contributed by atoms with E-state index in [0.717, 1.165) is 27.9 Å². The minimum absolute atomic E-state index is 0.283. The van der Waals surface area contributed by atoms with Crippen LogP contribution in [0, 0.1) is 13.8 Å². The van der Waals surface area contributed by atoms with E-state index in [1.165, 1.54) is 0 Å². The van der Waals surface area contributed by atoms with Gasteiger partial charge in [0.15, 0.2) is 0 Å². The van der Waals surface area contributed by atoms with Crippen LogP contribution in [0.15, 0.2) is 30.6 Å². The van der Waals surface area contributed by atoms with E-state index in [-0.39, 0.29) is 5.95 Å². The molecule has 0 fully saturated rings. The predicted molar refractivity (Wildman–Crippen MR) is 81.0 cm³/mol. The number of aromatic amines is 1. The first-order valence-electron chi connectivity index (χ1n) is 6.46. The van der Waals surface area contributed by atoms with E-state index in [1.807, 2.05) is 18.2 Å². The van der Waals surface area contributed by atoms with E-state index < -0.39 is 0 Å². The third-order valence-corrected chi connectivity index (χ3v) is 3.16. The highest BCUT2D eigenvalue weighted by molar-refractivity contribution is 5.74. The molecule has 0 bridgehead atoms. The summed E-state index contributed by atoms with van der Waals surface area (Å²) in [6, 6.07) is 6.02. The number of benzene rings is 1. The van der Waals surface area contributed by atoms with Crippen molar-refractivity contribution in [3.05, 3.63) is 41.7 Å². The fourth-order valence-electron chi connectivity index (χ4n) is 2.39. The summed E-state index contributed by atoms with van der Waals surface area (Å²) in [5.41, 5.74) is 10.9. The lowest BCUT2D eigenvalue weighted by molar-refractivity contribution is 1.03. The smallest absolute Gasteiger partial charge is 0.248 e. The first-order valence-corrected chi connectivity index (χ1v) is 6.46. The van der Waals surface area contributed by atoms with Crippen LogP contribution in [0.2, 0.25) is 0 Å². The van der Waals surface area contributed by atoms with Crippen molar-refractivity contribution in [1.29, 1.82) is 0 Å². The zero-order valence-corrected chi connectivity index (χ0v) is 11.8. The zero-order chi connectivity index (χ0) is 14.8. The van der Waals surface area contributed by atoms with Gasteiger partial charge in [0.1, 0.15) is 0 Å². The fraction of sp³-hybridized carbons (Fsp3) is 0.143. The molecule has 0 radical (unpaired) electrons. The van der Waals surface area contributed by atoms with Gasteiger partial charge in [-0.15, -0.1) is 5.10 Å². The van der Waals surface area contributed by atoms with Gasteiger partial charge in [0, 0.05) is 11.3 Å². The highest BCUT2D eigenvalue weighted by atomic mass is 15.3. The number of rotatable bonds is 3. The molecule has 0 saturated heterocycles. The lowest BCUT2D eigenvalue weighted by Gasteiger charge is -2.12. The Morgan fingerprint density at radius 3 is 2.48 bits per heavy atom. The van der Waals surface area contributed by atoms with Crippen LogP contribution >= 0.6 is 0 Å². The van der Waals surface area contributed by atoms with Crippen molar-refractivity contribution in [3.8, 4) is 11.1 Å². The van der Waals surface area contributed by atoms with Gasteiger partial charge in [-0.3, -0.25) is 0 Å². The molecular weight excluding hydrogens is 266 g/mol. The molecule has 0 aliphatic heterocycles. The van der Waals surface area contributed by atoms with Gasteiger partial charge in [-0.25, -0.2) is 5.10 Å². The van der Waals surface area contributed by atoms with Gasteiger partial charge >= 0.3 is 0 Å². The number of nitrogen functional groups attached to an aromatic ring is 1. The molecular formula is C14H15N7. The molecule has 1 aromatic carbocycles. The van der Waals surface area contributed by atoms with Crippen molar-refractivity contribution in [2.24, 2.45) is 0 Å². The molecule has 0 unspecified atom stereocenters. The van der Waals surface area contributed by atoms with Crippen LogP contribution in [0.5, 0.6) is 0 Å². The predicted octanol–water partition coefficient (Wildman–Crippen LogP) is 2.20. The second kappa shape index (κ2) is 5.20. The van der Waals surface area contributed by atoms with E-state index in [0.29, 0.717) is 5.95 Å². The van der Waals surface area contributed by atoms with Gasteiger partial charge in [-0.2, -0.15) is 15.2 Å². The van der Waals surface area contributed by atoms with Crippen LogP contribution in [0.3, 0.4) is 0 Å². The third kappa shape index (κ3) is 2.66. The van der Waals surface area contributed by atoms with Gasteiger partial charge in [0.2, 0.25) is 11.9 Å². The van der Waals surface area contributed by atoms with Gasteiger partial charge in [0.05, 0.1) is 12.4 Å². The van der Waals surface area contributed by atoms with E-state index in [9.17, 15) is 0 Å². The number of nitrogens with zero attached hydrogens (tertiary/aromatic N) is 4. The molecule has 3 aromatic rings. The van der Waals surface area contributed by atoms with Crippen molar-refractivity contribution < 1.29 is 0 Å². The number of H-pyrrole nitrogens is 1. The number of aryl methyl sites for hydroxylation is 2. The number of aromatic nitrogens is 5. The van der Waals surface area contributed by atoms with E-state index in [2.05, 4.69) is 44.5 Å². The summed E-state index contributed by atoms with van der Waals surface area (Å²) in [4.78, 5) is 4.03. The van der Waals surface area contributed by atoms with Crippen molar-refractivity contribution in [2.45, 2.75) is 13.8 Å².